The van der Waals surface area contributed by atoms with E-state index in [2.05, 4.69) is 0 Å². The second-order valence-corrected chi connectivity index (χ2v) is 4.71. The number of rotatable bonds is 1. The number of anilines is 1. The van der Waals surface area contributed by atoms with Crippen molar-refractivity contribution in [3.63, 3.8) is 0 Å². The summed E-state index contributed by atoms with van der Waals surface area (Å²) in [5.74, 6) is 0. The third kappa shape index (κ3) is 2.55. The first-order chi connectivity index (χ1) is 7.66. The van der Waals surface area contributed by atoms with Gasteiger partial charge in [-0.15, -0.1) is 0 Å². The van der Waals surface area contributed by atoms with Crippen LogP contribution in [-0.2, 0) is 15.0 Å². The zero-order chi connectivity index (χ0) is 11.5. The summed E-state index contributed by atoms with van der Waals surface area (Å²) in [4.78, 5) is 1.94. The largest absolute Gasteiger partial charge is 0.362 e. The molecule has 0 unspecified atom stereocenters. The summed E-state index contributed by atoms with van der Waals surface area (Å²) in [7, 11) is -2.27. The first-order valence-corrected chi connectivity index (χ1v) is 6.20. The predicted octanol–water partition coefficient (Wildman–Crippen LogP) is 1.19. The molecule has 86 valence electrons. The van der Waals surface area contributed by atoms with Crippen molar-refractivity contribution in [3.05, 3.63) is 29.3 Å². The van der Waals surface area contributed by atoms with Gasteiger partial charge in [-0.1, -0.05) is 11.6 Å². The lowest BCUT2D eigenvalue weighted by atomic mass is 10.2. The van der Waals surface area contributed by atoms with E-state index >= 15 is 0 Å². The Bertz CT molecular complexity index is 501. The predicted molar refractivity (Wildman–Crippen MR) is 63.5 cm³/mol. The van der Waals surface area contributed by atoms with E-state index < -0.39 is 10.3 Å². The van der Waals surface area contributed by atoms with Crippen molar-refractivity contribution < 1.29 is 13.2 Å². The minimum absolute atomic E-state index is 0.0844. The monoisotopic (exact) mass is 259 g/mol. The topological polar surface area (TPSA) is 46.6 Å². The molecule has 0 spiro atoms. The molecule has 1 saturated heterocycles. The number of hydrogen-bond donors (Lipinski definition) is 0. The first kappa shape index (κ1) is 11.4. The minimum atomic E-state index is -2.27. The molecule has 2 rings (SSSR count). The van der Waals surface area contributed by atoms with Gasteiger partial charge in [0.25, 0.3) is 0 Å². The molecule has 1 fully saturated rings. The second-order valence-electron chi connectivity index (χ2n) is 3.35. The fourth-order valence-corrected chi connectivity index (χ4v) is 2.09. The molecule has 0 N–H and O–H groups in total. The fourth-order valence-electron chi connectivity index (χ4n) is 1.52. The number of halogens is 1. The molecule has 1 aromatic carbocycles. The molecule has 6 heteroatoms. The smallest absolute Gasteiger partial charge is 0.242 e. The Morgan fingerprint density at radius 3 is 2.56 bits per heavy atom. The zero-order valence-corrected chi connectivity index (χ0v) is 9.96. The quantitative estimate of drug-likeness (QED) is 0.711. The third-order valence-corrected chi connectivity index (χ3v) is 3.19. The van der Waals surface area contributed by atoms with Gasteiger partial charge in [0.05, 0.1) is 13.2 Å². The molecule has 0 amide bonds. The average Bonchev–Trinajstić information content (AvgIpc) is 2.30. The van der Waals surface area contributed by atoms with E-state index in [4.69, 9.17) is 16.3 Å². The van der Waals surface area contributed by atoms with Crippen LogP contribution >= 0.6 is 11.6 Å². The molecule has 0 aromatic heterocycles. The van der Waals surface area contributed by atoms with Crippen LogP contribution in [0.4, 0.5) is 5.69 Å². The molecule has 0 bridgehead atoms. The lowest BCUT2D eigenvalue weighted by molar-refractivity contribution is 0.294. The van der Waals surface area contributed by atoms with Crippen molar-refractivity contribution in [2.75, 3.05) is 24.6 Å². The molecule has 0 saturated carbocycles. The molecule has 1 aromatic rings. The first-order valence-electron chi connectivity index (χ1n) is 4.75. The SMILES string of the molecule is O=S(=O)=C1CN(c2ccc(Cl)cc2)CCO1. The zero-order valence-electron chi connectivity index (χ0n) is 8.39. The number of nitrogens with zero attached hydrogens (tertiary/aromatic N) is 1. The molecule has 1 aliphatic rings. The molecule has 4 nitrogen and oxygen atoms in total. The Kier molecular flexibility index (Phi) is 3.48. The van der Waals surface area contributed by atoms with E-state index in [-0.39, 0.29) is 11.6 Å². The molecule has 1 heterocycles. The van der Waals surface area contributed by atoms with Gasteiger partial charge in [-0.25, -0.2) is 0 Å². The van der Waals surface area contributed by atoms with Crippen LogP contribution in [0.3, 0.4) is 0 Å². The lowest BCUT2D eigenvalue weighted by Gasteiger charge is -2.28. The van der Waals surface area contributed by atoms with Crippen molar-refractivity contribution >= 4 is 32.6 Å². The Balaban J connectivity index is 2.22. The van der Waals surface area contributed by atoms with E-state index in [1.165, 1.54) is 0 Å². The van der Waals surface area contributed by atoms with Crippen molar-refractivity contribution in [2.45, 2.75) is 0 Å². The highest BCUT2D eigenvalue weighted by Crippen LogP contribution is 2.19. The van der Waals surface area contributed by atoms with Crippen molar-refractivity contribution in [1.29, 1.82) is 0 Å². The minimum Gasteiger partial charge on any atom is -0.362 e. The highest BCUT2D eigenvalue weighted by Gasteiger charge is 2.17. The number of morpholine rings is 1. The van der Waals surface area contributed by atoms with Gasteiger partial charge >= 0.3 is 0 Å². The average molecular weight is 260 g/mol. The summed E-state index contributed by atoms with van der Waals surface area (Å²) in [6.07, 6.45) is 0. The van der Waals surface area contributed by atoms with Crippen LogP contribution in [0.2, 0.25) is 5.02 Å². The molecule has 0 aliphatic carbocycles. The van der Waals surface area contributed by atoms with E-state index in [0.717, 1.165) is 5.69 Å². The summed E-state index contributed by atoms with van der Waals surface area (Å²) in [5, 5.41) is 0.745. The van der Waals surface area contributed by atoms with E-state index in [1.54, 1.807) is 12.1 Å². The van der Waals surface area contributed by atoms with E-state index in [9.17, 15) is 8.42 Å². The Morgan fingerprint density at radius 1 is 1.25 bits per heavy atom. The van der Waals surface area contributed by atoms with Crippen molar-refractivity contribution in [3.8, 4) is 0 Å². The van der Waals surface area contributed by atoms with Crippen molar-refractivity contribution in [1.82, 2.24) is 0 Å². The Labute approximate surface area is 99.9 Å². The van der Waals surface area contributed by atoms with Gasteiger partial charge in [0.15, 0.2) is 5.05 Å². The highest BCUT2D eigenvalue weighted by molar-refractivity contribution is 7.72. The summed E-state index contributed by atoms with van der Waals surface area (Å²) in [5.41, 5.74) is 0.940. The van der Waals surface area contributed by atoms with Crippen LogP contribution < -0.4 is 4.90 Å². The van der Waals surface area contributed by atoms with Crippen LogP contribution in [0.15, 0.2) is 24.3 Å². The van der Waals surface area contributed by atoms with Crippen LogP contribution in [0.25, 0.3) is 0 Å². The molecular formula is C10H10ClNO3S. The Morgan fingerprint density at radius 2 is 1.94 bits per heavy atom. The van der Waals surface area contributed by atoms with Gasteiger partial charge in [0.1, 0.15) is 0 Å². The molecule has 1 aliphatic heterocycles. The summed E-state index contributed by atoms with van der Waals surface area (Å²) in [6.45, 7) is 1.33. The van der Waals surface area contributed by atoms with Crippen LogP contribution in [0.5, 0.6) is 0 Å². The summed E-state index contributed by atoms with van der Waals surface area (Å²) in [6, 6.07) is 7.28. The number of hydrogen-bond acceptors (Lipinski definition) is 4. The maximum atomic E-state index is 10.8. The Hall–Kier alpha value is -1.04. The number of ether oxygens (including phenoxy) is 1. The van der Waals surface area contributed by atoms with Gasteiger partial charge < -0.3 is 9.64 Å². The van der Waals surface area contributed by atoms with Gasteiger partial charge in [-0.05, 0) is 24.3 Å². The highest BCUT2D eigenvalue weighted by atomic mass is 35.5. The van der Waals surface area contributed by atoms with Crippen LogP contribution in [0.1, 0.15) is 0 Å². The maximum absolute atomic E-state index is 10.8. The van der Waals surface area contributed by atoms with Gasteiger partial charge in [0.2, 0.25) is 10.3 Å². The van der Waals surface area contributed by atoms with E-state index in [1.807, 2.05) is 17.0 Å². The van der Waals surface area contributed by atoms with Gasteiger partial charge in [0, 0.05) is 17.3 Å². The third-order valence-electron chi connectivity index (χ3n) is 2.32. The van der Waals surface area contributed by atoms with Gasteiger partial charge in [-0.2, -0.15) is 8.42 Å². The number of benzene rings is 1. The van der Waals surface area contributed by atoms with Gasteiger partial charge in [-0.3, -0.25) is 0 Å². The molecule has 0 radical (unpaired) electrons. The fraction of sp³-hybridized carbons (Fsp3) is 0.300. The maximum Gasteiger partial charge on any atom is 0.242 e. The normalized spacial score (nSPS) is 16.3. The van der Waals surface area contributed by atoms with Crippen LogP contribution in [0, 0.1) is 0 Å². The van der Waals surface area contributed by atoms with Crippen LogP contribution in [-0.4, -0.2) is 33.2 Å². The summed E-state index contributed by atoms with van der Waals surface area (Å²) < 4.78 is 26.6. The standard InChI is InChI=1S/C10H10ClNO3S/c11-8-1-3-9(4-2-8)12-5-6-15-10(7-12)16(13)14/h1-4H,5-7H2. The molecule has 0 atom stereocenters. The summed E-state index contributed by atoms with van der Waals surface area (Å²) >= 11 is 5.78. The molecule has 16 heavy (non-hydrogen) atoms. The van der Waals surface area contributed by atoms with E-state index in [0.29, 0.717) is 18.2 Å². The lowest BCUT2D eigenvalue weighted by Crippen LogP contribution is -2.40. The van der Waals surface area contributed by atoms with Crippen molar-refractivity contribution in [2.24, 2.45) is 0 Å². The molecular weight excluding hydrogens is 250 g/mol. The second kappa shape index (κ2) is 4.86.